The minimum absolute atomic E-state index is 0. The third kappa shape index (κ3) is 3.26. The van der Waals surface area contributed by atoms with E-state index in [1.165, 1.54) is 11.1 Å². The van der Waals surface area contributed by atoms with Crippen molar-refractivity contribution in [3.63, 3.8) is 0 Å². The Morgan fingerprint density at radius 3 is 3.00 bits per heavy atom. The Hall–Kier alpha value is -0.973. The molecule has 15 heavy (non-hydrogen) atoms. The number of aromatic nitrogens is 1. The summed E-state index contributed by atoms with van der Waals surface area (Å²) in [5, 5.41) is 4.09. The van der Waals surface area contributed by atoms with Crippen LogP contribution in [0.1, 0.15) is 12.5 Å². The van der Waals surface area contributed by atoms with Crippen LogP contribution in [0, 0.1) is 5.92 Å². The Balaban J connectivity index is 0.00000112. The average Bonchev–Trinajstić information content (AvgIpc) is 2.23. The number of rotatable bonds is 2. The molecule has 1 aromatic rings. The summed E-state index contributed by atoms with van der Waals surface area (Å²) in [5.74, 6) is 0.483. The van der Waals surface area contributed by atoms with Crippen molar-refractivity contribution in [1.82, 2.24) is 4.98 Å². The molecule has 1 aliphatic rings. The van der Waals surface area contributed by atoms with E-state index >= 15 is 0 Å². The van der Waals surface area contributed by atoms with Crippen LogP contribution in [0.4, 0.5) is 0 Å². The minimum atomic E-state index is 0. The van der Waals surface area contributed by atoms with E-state index in [9.17, 15) is 0 Å². The molecule has 0 spiro atoms. The van der Waals surface area contributed by atoms with Gasteiger partial charge in [0.25, 0.3) is 0 Å². The van der Waals surface area contributed by atoms with Crippen LogP contribution in [0.3, 0.4) is 0 Å². The molecule has 1 atom stereocenters. The first-order valence-corrected chi connectivity index (χ1v) is 4.78. The molecule has 0 N–H and O–H groups in total. The Labute approximate surface area is 103 Å². The molecular formula is C12H13LiN2. The van der Waals surface area contributed by atoms with Crippen molar-refractivity contribution in [2.75, 3.05) is 0 Å². The zero-order chi connectivity index (χ0) is 9.80. The topological polar surface area (TPSA) is 27.0 Å². The fourth-order valence-electron chi connectivity index (χ4n) is 1.56. The molecule has 3 heteroatoms. The second-order valence-electron chi connectivity index (χ2n) is 3.54. The van der Waals surface area contributed by atoms with Crippen LogP contribution in [-0.2, 0) is 6.42 Å². The van der Waals surface area contributed by atoms with Gasteiger partial charge in [0.05, 0.1) is 0 Å². The summed E-state index contributed by atoms with van der Waals surface area (Å²) in [5.41, 5.74) is 2.59. The van der Waals surface area contributed by atoms with Gasteiger partial charge in [-0.15, -0.1) is 0 Å². The molecule has 0 aromatic carbocycles. The summed E-state index contributed by atoms with van der Waals surface area (Å²) >= 11 is 0. The Morgan fingerprint density at radius 2 is 2.33 bits per heavy atom. The van der Waals surface area contributed by atoms with Crippen LogP contribution in [0.15, 0.2) is 48.6 Å². The van der Waals surface area contributed by atoms with E-state index in [1.54, 1.807) is 6.20 Å². The maximum atomic E-state index is 4.11. The van der Waals surface area contributed by atoms with Crippen molar-refractivity contribution in [3.8, 4) is 0 Å². The molecule has 0 saturated carbocycles. The van der Waals surface area contributed by atoms with Crippen LogP contribution < -0.4 is 18.9 Å². The van der Waals surface area contributed by atoms with E-state index in [-0.39, 0.29) is 18.9 Å². The van der Waals surface area contributed by atoms with E-state index < -0.39 is 0 Å². The van der Waals surface area contributed by atoms with E-state index in [2.05, 4.69) is 29.4 Å². The SMILES string of the molecule is CC1=C[N-]C=CC1Cc1cccnc1.[Li+]. The van der Waals surface area contributed by atoms with Crippen LogP contribution in [0.5, 0.6) is 0 Å². The maximum absolute atomic E-state index is 4.11. The quantitative estimate of drug-likeness (QED) is 0.608. The predicted octanol–water partition coefficient (Wildman–Crippen LogP) is 0.0491. The molecule has 1 aliphatic heterocycles. The molecule has 0 bridgehead atoms. The third-order valence-corrected chi connectivity index (χ3v) is 2.45. The summed E-state index contributed by atoms with van der Waals surface area (Å²) in [6, 6.07) is 4.09. The van der Waals surface area contributed by atoms with Crippen LogP contribution in [0.2, 0.25) is 0 Å². The van der Waals surface area contributed by atoms with Gasteiger partial charge in [-0.1, -0.05) is 17.7 Å². The number of hydrogen-bond donors (Lipinski definition) is 0. The van der Waals surface area contributed by atoms with Crippen LogP contribution in [-0.4, -0.2) is 4.98 Å². The van der Waals surface area contributed by atoms with Gasteiger partial charge < -0.3 is 5.32 Å². The van der Waals surface area contributed by atoms with E-state index in [0.29, 0.717) is 5.92 Å². The summed E-state index contributed by atoms with van der Waals surface area (Å²) < 4.78 is 0. The zero-order valence-corrected chi connectivity index (χ0v) is 9.22. The zero-order valence-electron chi connectivity index (χ0n) is 9.22. The largest absolute Gasteiger partial charge is 1.00 e. The molecule has 0 aliphatic carbocycles. The Kier molecular flexibility index (Phi) is 4.68. The van der Waals surface area contributed by atoms with E-state index in [0.717, 1.165) is 6.42 Å². The van der Waals surface area contributed by atoms with Crippen LogP contribution >= 0.6 is 0 Å². The standard InChI is InChI=1S/C12H13N2.Li/c1-10-8-14-6-4-12(10)7-11-3-2-5-13-9-11;/h2-6,8-9,12H,7H2,1H3;/q-1;+1. The first-order valence-electron chi connectivity index (χ1n) is 4.78. The molecule has 1 unspecified atom stereocenters. The molecule has 2 heterocycles. The van der Waals surface area contributed by atoms with E-state index in [1.807, 2.05) is 24.7 Å². The van der Waals surface area contributed by atoms with Gasteiger partial charge in [-0.25, -0.2) is 0 Å². The summed E-state index contributed by atoms with van der Waals surface area (Å²) in [6.07, 6.45) is 10.7. The predicted molar refractivity (Wildman–Crippen MR) is 57.7 cm³/mol. The molecule has 72 valence electrons. The maximum Gasteiger partial charge on any atom is 1.00 e. The molecule has 0 saturated heterocycles. The summed E-state index contributed by atoms with van der Waals surface area (Å²) in [7, 11) is 0. The normalized spacial score (nSPS) is 18.7. The van der Waals surface area contributed by atoms with Crippen molar-refractivity contribution in [2.45, 2.75) is 13.3 Å². The van der Waals surface area contributed by atoms with Crippen LogP contribution in [0.25, 0.3) is 5.32 Å². The molecule has 1 aromatic heterocycles. The van der Waals surface area contributed by atoms with Crippen molar-refractivity contribution < 1.29 is 18.9 Å². The van der Waals surface area contributed by atoms with Crippen molar-refractivity contribution in [2.24, 2.45) is 5.92 Å². The fraction of sp³-hybridized carbons (Fsp3) is 0.250. The number of hydrogen-bond acceptors (Lipinski definition) is 1. The third-order valence-electron chi connectivity index (χ3n) is 2.45. The molecule has 0 amide bonds. The van der Waals surface area contributed by atoms with Crippen molar-refractivity contribution in [1.29, 1.82) is 0 Å². The first-order chi connectivity index (χ1) is 6.86. The van der Waals surface area contributed by atoms with Gasteiger partial charge in [0.15, 0.2) is 0 Å². The van der Waals surface area contributed by atoms with E-state index in [4.69, 9.17) is 0 Å². The minimum Gasteiger partial charge on any atom is -0.671 e. The van der Waals surface area contributed by atoms with Gasteiger partial charge in [-0.3, -0.25) is 4.98 Å². The fourth-order valence-corrected chi connectivity index (χ4v) is 1.56. The number of pyridine rings is 1. The van der Waals surface area contributed by atoms with Gasteiger partial charge >= 0.3 is 18.9 Å². The summed E-state index contributed by atoms with van der Waals surface area (Å²) in [4.78, 5) is 4.11. The van der Waals surface area contributed by atoms with Gasteiger partial charge in [0, 0.05) is 12.4 Å². The van der Waals surface area contributed by atoms with Gasteiger partial charge in [0.1, 0.15) is 0 Å². The molecule has 2 rings (SSSR count). The van der Waals surface area contributed by atoms with Crippen molar-refractivity contribution >= 4 is 0 Å². The van der Waals surface area contributed by atoms with Gasteiger partial charge in [-0.2, -0.15) is 12.4 Å². The molecular weight excluding hydrogens is 179 g/mol. The second-order valence-corrected chi connectivity index (χ2v) is 3.54. The molecule has 2 nitrogen and oxygen atoms in total. The molecule has 0 fully saturated rings. The Bertz CT molecular complexity index is 357. The number of allylic oxidation sites excluding steroid dienone is 2. The second kappa shape index (κ2) is 5.80. The molecule has 0 radical (unpaired) electrons. The summed E-state index contributed by atoms with van der Waals surface area (Å²) in [6.45, 7) is 2.12. The van der Waals surface area contributed by atoms with Gasteiger partial charge in [0.2, 0.25) is 0 Å². The number of nitrogens with zero attached hydrogens (tertiary/aromatic N) is 2. The van der Waals surface area contributed by atoms with Crippen molar-refractivity contribution in [3.05, 3.63) is 59.5 Å². The monoisotopic (exact) mass is 192 g/mol. The first kappa shape index (κ1) is 12.1. The average molecular weight is 192 g/mol. The Morgan fingerprint density at radius 1 is 1.47 bits per heavy atom. The smallest absolute Gasteiger partial charge is 0.671 e. The van der Waals surface area contributed by atoms with Gasteiger partial charge in [-0.05, 0) is 30.9 Å².